The molecule has 2 aromatic carbocycles. The van der Waals surface area contributed by atoms with E-state index in [-0.39, 0.29) is 5.91 Å². The van der Waals surface area contributed by atoms with Gasteiger partial charge >= 0.3 is 0 Å². The Morgan fingerprint density at radius 2 is 1.81 bits per heavy atom. The van der Waals surface area contributed by atoms with E-state index in [0.717, 1.165) is 16.8 Å². The van der Waals surface area contributed by atoms with Gasteiger partial charge in [-0.3, -0.25) is 4.79 Å². The van der Waals surface area contributed by atoms with E-state index in [1.165, 1.54) is 11.9 Å². The van der Waals surface area contributed by atoms with Crippen molar-refractivity contribution in [3.8, 4) is 0 Å². The quantitative estimate of drug-likeness (QED) is 0.755. The molecule has 5 nitrogen and oxygen atoms in total. The van der Waals surface area contributed by atoms with Gasteiger partial charge < -0.3 is 10.2 Å². The fraction of sp³-hybridized carbons (Fsp3) is 0.190. The molecule has 1 aromatic heterocycles. The van der Waals surface area contributed by atoms with Crippen LogP contribution in [0.1, 0.15) is 27.2 Å². The first-order valence-corrected chi connectivity index (χ1v) is 8.48. The molecule has 0 radical (unpaired) electrons. The third-order valence-corrected chi connectivity index (χ3v) is 4.14. The van der Waals surface area contributed by atoms with Crippen molar-refractivity contribution in [3.05, 3.63) is 83.3 Å². The van der Waals surface area contributed by atoms with Gasteiger partial charge in [-0.1, -0.05) is 48.0 Å². The standard InChI is InChI=1S/C21H22N4O/c1-15-9-10-18(16(2)11-15)24-20-12-19(22-14-23-20)21(26)25(3)13-17-7-5-4-6-8-17/h4-12,14H,13H2,1-3H3,(H,22,23,24). The number of aryl methyl sites for hydroxylation is 2. The summed E-state index contributed by atoms with van der Waals surface area (Å²) in [6.07, 6.45) is 1.41. The molecule has 0 atom stereocenters. The second-order valence-corrected chi connectivity index (χ2v) is 6.38. The summed E-state index contributed by atoms with van der Waals surface area (Å²) in [5.74, 6) is 0.461. The summed E-state index contributed by atoms with van der Waals surface area (Å²) in [5.41, 5.74) is 4.73. The minimum absolute atomic E-state index is 0.139. The average Bonchev–Trinajstić information content (AvgIpc) is 2.64. The molecule has 3 rings (SSSR count). The number of hydrogen-bond donors (Lipinski definition) is 1. The lowest BCUT2D eigenvalue weighted by molar-refractivity contribution is 0.0779. The van der Waals surface area contributed by atoms with Gasteiger partial charge in [-0.2, -0.15) is 0 Å². The molecule has 26 heavy (non-hydrogen) atoms. The van der Waals surface area contributed by atoms with Crippen LogP contribution in [0.15, 0.2) is 60.9 Å². The summed E-state index contributed by atoms with van der Waals surface area (Å²) in [4.78, 5) is 22.7. The number of nitrogens with zero attached hydrogens (tertiary/aromatic N) is 3. The monoisotopic (exact) mass is 346 g/mol. The molecule has 132 valence electrons. The SMILES string of the molecule is Cc1ccc(Nc2cc(C(=O)N(C)Cc3ccccc3)ncn2)c(C)c1. The lowest BCUT2D eigenvalue weighted by Gasteiger charge is -2.17. The van der Waals surface area contributed by atoms with Gasteiger partial charge in [0.05, 0.1) is 0 Å². The second-order valence-electron chi connectivity index (χ2n) is 6.38. The highest BCUT2D eigenvalue weighted by molar-refractivity contribution is 5.92. The first-order valence-electron chi connectivity index (χ1n) is 8.48. The molecule has 0 fully saturated rings. The summed E-state index contributed by atoms with van der Waals surface area (Å²) in [5, 5.41) is 3.26. The third-order valence-electron chi connectivity index (χ3n) is 4.14. The van der Waals surface area contributed by atoms with Gasteiger partial charge in [0.2, 0.25) is 0 Å². The van der Waals surface area contributed by atoms with Gasteiger partial charge in [0.15, 0.2) is 0 Å². The lowest BCUT2D eigenvalue weighted by atomic mass is 10.1. The van der Waals surface area contributed by atoms with Gasteiger partial charge in [-0.15, -0.1) is 0 Å². The van der Waals surface area contributed by atoms with Gasteiger partial charge in [0.1, 0.15) is 17.8 Å². The van der Waals surface area contributed by atoms with E-state index >= 15 is 0 Å². The van der Waals surface area contributed by atoms with E-state index in [9.17, 15) is 4.79 Å². The Kier molecular flexibility index (Phi) is 5.27. The number of nitrogens with one attached hydrogen (secondary N) is 1. The molecule has 3 aromatic rings. The number of carbonyl (C=O) groups excluding carboxylic acids is 1. The van der Waals surface area contributed by atoms with Crippen molar-refractivity contribution in [2.45, 2.75) is 20.4 Å². The van der Waals surface area contributed by atoms with Crippen molar-refractivity contribution in [3.63, 3.8) is 0 Å². The number of aromatic nitrogens is 2. The molecule has 0 aliphatic heterocycles. The zero-order chi connectivity index (χ0) is 18.5. The zero-order valence-electron chi connectivity index (χ0n) is 15.2. The normalized spacial score (nSPS) is 10.4. The number of amides is 1. The Morgan fingerprint density at radius 3 is 2.54 bits per heavy atom. The molecule has 0 saturated carbocycles. The molecular formula is C21H22N4O. The van der Waals surface area contributed by atoms with Crippen LogP contribution in [0, 0.1) is 13.8 Å². The van der Waals surface area contributed by atoms with Crippen molar-refractivity contribution in [1.29, 1.82) is 0 Å². The predicted molar refractivity (Wildman–Crippen MR) is 103 cm³/mol. The Hall–Kier alpha value is -3.21. The molecule has 1 N–H and O–H groups in total. The molecular weight excluding hydrogens is 324 g/mol. The number of benzene rings is 2. The van der Waals surface area contributed by atoms with Gasteiger partial charge in [0.25, 0.3) is 5.91 Å². The molecule has 0 aliphatic carbocycles. The van der Waals surface area contributed by atoms with E-state index in [2.05, 4.69) is 28.3 Å². The number of hydrogen-bond acceptors (Lipinski definition) is 4. The van der Waals surface area contributed by atoms with Crippen LogP contribution in [0.25, 0.3) is 0 Å². The Morgan fingerprint density at radius 1 is 1.04 bits per heavy atom. The lowest BCUT2D eigenvalue weighted by Crippen LogP contribution is -2.27. The van der Waals surface area contributed by atoms with E-state index in [4.69, 9.17) is 0 Å². The van der Waals surface area contributed by atoms with Crippen LogP contribution in [-0.4, -0.2) is 27.8 Å². The number of carbonyl (C=O) groups is 1. The van der Waals surface area contributed by atoms with Crippen LogP contribution in [0.3, 0.4) is 0 Å². The maximum absolute atomic E-state index is 12.7. The first-order chi connectivity index (χ1) is 12.5. The Bertz CT molecular complexity index is 909. The zero-order valence-corrected chi connectivity index (χ0v) is 15.2. The Labute approximate surface area is 153 Å². The summed E-state index contributed by atoms with van der Waals surface area (Å²) in [6, 6.07) is 17.7. The van der Waals surface area contributed by atoms with E-state index in [1.54, 1.807) is 18.0 Å². The summed E-state index contributed by atoms with van der Waals surface area (Å²) in [6.45, 7) is 4.63. The summed E-state index contributed by atoms with van der Waals surface area (Å²) in [7, 11) is 1.77. The van der Waals surface area contributed by atoms with Crippen LogP contribution in [0.5, 0.6) is 0 Å². The number of rotatable bonds is 5. The maximum Gasteiger partial charge on any atom is 0.272 e. The fourth-order valence-electron chi connectivity index (χ4n) is 2.76. The molecule has 0 unspecified atom stereocenters. The molecule has 1 amide bonds. The minimum atomic E-state index is -0.139. The maximum atomic E-state index is 12.7. The van der Waals surface area contributed by atoms with Crippen LogP contribution in [0.4, 0.5) is 11.5 Å². The summed E-state index contributed by atoms with van der Waals surface area (Å²) >= 11 is 0. The first kappa shape index (κ1) is 17.6. The van der Waals surface area contributed by atoms with Gasteiger partial charge in [-0.25, -0.2) is 9.97 Å². The van der Waals surface area contributed by atoms with Crippen LogP contribution >= 0.6 is 0 Å². The molecule has 0 spiro atoms. The van der Waals surface area contributed by atoms with Crippen molar-refractivity contribution in [1.82, 2.24) is 14.9 Å². The van der Waals surface area contributed by atoms with E-state index < -0.39 is 0 Å². The van der Waals surface area contributed by atoms with Crippen LogP contribution in [-0.2, 0) is 6.54 Å². The molecule has 0 bridgehead atoms. The highest BCUT2D eigenvalue weighted by Gasteiger charge is 2.14. The van der Waals surface area contributed by atoms with Gasteiger partial charge in [-0.05, 0) is 31.0 Å². The second kappa shape index (κ2) is 7.78. The van der Waals surface area contributed by atoms with Crippen molar-refractivity contribution < 1.29 is 4.79 Å². The number of anilines is 2. The Balaban J connectivity index is 1.74. The van der Waals surface area contributed by atoms with Crippen molar-refractivity contribution in [2.24, 2.45) is 0 Å². The van der Waals surface area contributed by atoms with E-state index in [0.29, 0.717) is 18.1 Å². The molecule has 0 saturated heterocycles. The summed E-state index contributed by atoms with van der Waals surface area (Å²) < 4.78 is 0. The fourth-order valence-corrected chi connectivity index (χ4v) is 2.76. The molecule has 0 aliphatic rings. The third kappa shape index (κ3) is 4.25. The van der Waals surface area contributed by atoms with Crippen LogP contribution < -0.4 is 5.32 Å². The van der Waals surface area contributed by atoms with Gasteiger partial charge in [0, 0.05) is 25.3 Å². The highest BCUT2D eigenvalue weighted by Crippen LogP contribution is 2.20. The van der Waals surface area contributed by atoms with E-state index in [1.807, 2.05) is 49.4 Å². The van der Waals surface area contributed by atoms with Crippen LogP contribution in [0.2, 0.25) is 0 Å². The van der Waals surface area contributed by atoms with Crippen molar-refractivity contribution >= 4 is 17.4 Å². The largest absolute Gasteiger partial charge is 0.340 e. The topological polar surface area (TPSA) is 58.1 Å². The molecule has 5 heteroatoms. The predicted octanol–water partition coefficient (Wildman–Crippen LogP) is 4.11. The highest BCUT2D eigenvalue weighted by atomic mass is 16.2. The van der Waals surface area contributed by atoms with Crippen molar-refractivity contribution in [2.75, 3.05) is 12.4 Å². The average molecular weight is 346 g/mol. The molecule has 1 heterocycles. The smallest absolute Gasteiger partial charge is 0.272 e. The minimum Gasteiger partial charge on any atom is -0.340 e.